The van der Waals surface area contributed by atoms with Crippen molar-refractivity contribution in [3.8, 4) is 0 Å². The summed E-state index contributed by atoms with van der Waals surface area (Å²) in [4.78, 5) is 7.89. The van der Waals surface area contributed by atoms with Gasteiger partial charge in [0.1, 0.15) is 23.6 Å². The van der Waals surface area contributed by atoms with E-state index < -0.39 is 5.60 Å². The minimum Gasteiger partial charge on any atom is -0.386 e. The van der Waals surface area contributed by atoms with Gasteiger partial charge in [0.15, 0.2) is 0 Å². The summed E-state index contributed by atoms with van der Waals surface area (Å²) in [5, 5.41) is 13.0. The second kappa shape index (κ2) is 4.60. The van der Waals surface area contributed by atoms with Gasteiger partial charge in [-0.1, -0.05) is 0 Å². The molecule has 1 aliphatic rings. The van der Waals surface area contributed by atoms with E-state index in [4.69, 9.17) is 10.6 Å². The first-order valence-corrected chi connectivity index (χ1v) is 5.04. The van der Waals surface area contributed by atoms with Crippen LogP contribution in [0.15, 0.2) is 12.4 Å². The number of ether oxygens (including phenoxy) is 1. The van der Waals surface area contributed by atoms with E-state index in [1.54, 1.807) is 6.07 Å². The number of hydrogen-bond acceptors (Lipinski definition) is 7. The zero-order valence-electron chi connectivity index (χ0n) is 8.81. The molecule has 1 unspecified atom stereocenters. The van der Waals surface area contributed by atoms with Gasteiger partial charge in [0, 0.05) is 25.6 Å². The number of nitrogens with two attached hydrogens (primary N) is 1. The van der Waals surface area contributed by atoms with E-state index in [9.17, 15) is 5.11 Å². The standard InChI is InChI=1S/C9H15N5O2/c10-14-8-3-7(12-6-13-8)11-4-9(15)1-2-16-5-9/h3,6,15H,1-2,4-5,10H2,(H2,11,12,13,14). The first-order valence-electron chi connectivity index (χ1n) is 5.04. The number of aliphatic hydroxyl groups is 1. The monoisotopic (exact) mass is 225 g/mol. The molecule has 88 valence electrons. The first kappa shape index (κ1) is 11.1. The minimum atomic E-state index is -0.804. The van der Waals surface area contributed by atoms with Gasteiger partial charge in [-0.15, -0.1) is 0 Å². The molecule has 0 aromatic carbocycles. The Morgan fingerprint density at radius 1 is 1.50 bits per heavy atom. The lowest BCUT2D eigenvalue weighted by molar-refractivity contribution is 0.0381. The summed E-state index contributed by atoms with van der Waals surface area (Å²) in [5.41, 5.74) is 1.62. The van der Waals surface area contributed by atoms with Crippen molar-refractivity contribution in [1.29, 1.82) is 0 Å². The van der Waals surface area contributed by atoms with Gasteiger partial charge in [0.05, 0.1) is 6.61 Å². The molecule has 0 radical (unpaired) electrons. The fourth-order valence-corrected chi connectivity index (χ4v) is 1.52. The van der Waals surface area contributed by atoms with E-state index in [1.165, 1.54) is 6.33 Å². The third-order valence-corrected chi connectivity index (χ3v) is 2.50. The molecule has 2 rings (SSSR count). The Hall–Kier alpha value is -1.44. The molecule has 1 aromatic heterocycles. The predicted octanol–water partition coefficient (Wildman–Crippen LogP) is -0.675. The Morgan fingerprint density at radius 3 is 3.00 bits per heavy atom. The molecule has 5 N–H and O–H groups in total. The van der Waals surface area contributed by atoms with E-state index in [2.05, 4.69) is 20.7 Å². The topological polar surface area (TPSA) is 105 Å². The van der Waals surface area contributed by atoms with Crippen LogP contribution in [0.3, 0.4) is 0 Å². The number of nitrogen functional groups attached to an aromatic ring is 1. The van der Waals surface area contributed by atoms with Crippen molar-refractivity contribution in [3.63, 3.8) is 0 Å². The maximum absolute atomic E-state index is 10.0. The number of hydrogen-bond donors (Lipinski definition) is 4. The third kappa shape index (κ3) is 2.57. The van der Waals surface area contributed by atoms with Crippen LogP contribution in [0.4, 0.5) is 11.6 Å². The molecule has 1 atom stereocenters. The fraction of sp³-hybridized carbons (Fsp3) is 0.556. The summed E-state index contributed by atoms with van der Waals surface area (Å²) < 4.78 is 5.14. The van der Waals surface area contributed by atoms with Crippen LogP contribution < -0.4 is 16.6 Å². The van der Waals surface area contributed by atoms with Crippen molar-refractivity contribution in [2.24, 2.45) is 5.84 Å². The van der Waals surface area contributed by atoms with Crippen LogP contribution in [-0.4, -0.2) is 40.4 Å². The molecule has 1 aliphatic heterocycles. The number of anilines is 2. The van der Waals surface area contributed by atoms with Gasteiger partial charge in [0.2, 0.25) is 0 Å². The lowest BCUT2D eigenvalue weighted by Crippen LogP contribution is -2.37. The van der Waals surface area contributed by atoms with E-state index in [0.717, 1.165) is 0 Å². The summed E-state index contributed by atoms with van der Waals surface area (Å²) in [7, 11) is 0. The Bertz CT molecular complexity index is 354. The molecular weight excluding hydrogens is 210 g/mol. The van der Waals surface area contributed by atoms with Gasteiger partial charge in [-0.3, -0.25) is 0 Å². The number of rotatable bonds is 4. The molecule has 1 aromatic rings. The first-order chi connectivity index (χ1) is 7.72. The number of nitrogens with zero attached hydrogens (tertiary/aromatic N) is 2. The van der Waals surface area contributed by atoms with Gasteiger partial charge in [-0.25, -0.2) is 15.8 Å². The zero-order valence-corrected chi connectivity index (χ0v) is 8.81. The number of hydrazine groups is 1. The highest BCUT2D eigenvalue weighted by molar-refractivity contribution is 5.45. The SMILES string of the molecule is NNc1cc(NCC2(O)CCOC2)ncn1. The molecule has 0 saturated carbocycles. The predicted molar refractivity (Wildman–Crippen MR) is 58.7 cm³/mol. The summed E-state index contributed by atoms with van der Waals surface area (Å²) in [6, 6.07) is 1.67. The second-order valence-corrected chi connectivity index (χ2v) is 3.81. The molecule has 1 fully saturated rings. The third-order valence-electron chi connectivity index (χ3n) is 2.50. The van der Waals surface area contributed by atoms with Crippen LogP contribution in [0.1, 0.15) is 6.42 Å². The molecule has 0 aliphatic carbocycles. The van der Waals surface area contributed by atoms with E-state index in [-0.39, 0.29) is 0 Å². The van der Waals surface area contributed by atoms with Gasteiger partial charge >= 0.3 is 0 Å². The van der Waals surface area contributed by atoms with E-state index in [0.29, 0.717) is 37.8 Å². The molecule has 0 amide bonds. The highest BCUT2D eigenvalue weighted by Gasteiger charge is 2.31. The lowest BCUT2D eigenvalue weighted by atomic mass is 10.0. The van der Waals surface area contributed by atoms with Gasteiger partial charge < -0.3 is 20.6 Å². The summed E-state index contributed by atoms with van der Waals surface area (Å²) in [6.45, 7) is 1.35. The smallest absolute Gasteiger partial charge is 0.145 e. The lowest BCUT2D eigenvalue weighted by Gasteiger charge is -2.20. The van der Waals surface area contributed by atoms with Crippen molar-refractivity contribution in [2.75, 3.05) is 30.5 Å². The quantitative estimate of drug-likeness (QED) is 0.397. The molecular formula is C9H15N5O2. The Kier molecular flexibility index (Phi) is 3.18. The maximum Gasteiger partial charge on any atom is 0.145 e. The van der Waals surface area contributed by atoms with Crippen LogP contribution in [0.25, 0.3) is 0 Å². The highest BCUT2D eigenvalue weighted by Crippen LogP contribution is 2.19. The Balaban J connectivity index is 1.93. The average molecular weight is 225 g/mol. The second-order valence-electron chi connectivity index (χ2n) is 3.81. The Morgan fingerprint density at radius 2 is 2.31 bits per heavy atom. The number of aromatic nitrogens is 2. The molecule has 1 saturated heterocycles. The molecule has 2 heterocycles. The van der Waals surface area contributed by atoms with Crippen molar-refractivity contribution < 1.29 is 9.84 Å². The molecule has 16 heavy (non-hydrogen) atoms. The van der Waals surface area contributed by atoms with E-state index in [1.807, 2.05) is 0 Å². The highest BCUT2D eigenvalue weighted by atomic mass is 16.5. The van der Waals surface area contributed by atoms with Crippen molar-refractivity contribution >= 4 is 11.6 Å². The van der Waals surface area contributed by atoms with Gasteiger partial charge in [-0.2, -0.15) is 0 Å². The van der Waals surface area contributed by atoms with Crippen molar-refractivity contribution in [2.45, 2.75) is 12.0 Å². The molecule has 7 nitrogen and oxygen atoms in total. The molecule has 7 heteroatoms. The van der Waals surface area contributed by atoms with Crippen LogP contribution >= 0.6 is 0 Å². The van der Waals surface area contributed by atoms with Crippen LogP contribution in [-0.2, 0) is 4.74 Å². The zero-order chi connectivity index (χ0) is 11.4. The average Bonchev–Trinajstić information content (AvgIpc) is 2.75. The van der Waals surface area contributed by atoms with Crippen molar-refractivity contribution in [3.05, 3.63) is 12.4 Å². The molecule has 0 bridgehead atoms. The number of nitrogens with one attached hydrogen (secondary N) is 2. The van der Waals surface area contributed by atoms with Crippen LogP contribution in [0.5, 0.6) is 0 Å². The minimum absolute atomic E-state index is 0.354. The van der Waals surface area contributed by atoms with E-state index >= 15 is 0 Å². The molecule has 0 spiro atoms. The summed E-state index contributed by atoms with van der Waals surface area (Å²) in [6.07, 6.45) is 2.03. The van der Waals surface area contributed by atoms with Crippen LogP contribution in [0.2, 0.25) is 0 Å². The summed E-state index contributed by atoms with van der Waals surface area (Å²) >= 11 is 0. The largest absolute Gasteiger partial charge is 0.386 e. The van der Waals surface area contributed by atoms with Gasteiger partial charge in [-0.05, 0) is 0 Å². The fourth-order valence-electron chi connectivity index (χ4n) is 1.52. The summed E-state index contributed by atoms with van der Waals surface area (Å²) in [5.74, 6) is 6.36. The maximum atomic E-state index is 10.0. The normalized spacial score (nSPS) is 24.4. The van der Waals surface area contributed by atoms with Crippen LogP contribution in [0, 0.1) is 0 Å². The van der Waals surface area contributed by atoms with Gasteiger partial charge in [0.25, 0.3) is 0 Å². The van der Waals surface area contributed by atoms with Crippen molar-refractivity contribution in [1.82, 2.24) is 9.97 Å². The Labute approximate surface area is 93.0 Å².